The van der Waals surface area contributed by atoms with Gasteiger partial charge in [0, 0.05) is 26.2 Å². The Bertz CT molecular complexity index is 293. The van der Waals surface area contributed by atoms with E-state index >= 15 is 0 Å². The summed E-state index contributed by atoms with van der Waals surface area (Å²) in [5, 5.41) is 9.70. The highest BCUT2D eigenvalue weighted by atomic mass is 16.5. The van der Waals surface area contributed by atoms with Crippen LogP contribution in [0.5, 0.6) is 0 Å². The van der Waals surface area contributed by atoms with Gasteiger partial charge in [0.05, 0.1) is 12.0 Å². The van der Waals surface area contributed by atoms with Crippen LogP contribution in [-0.2, 0) is 9.53 Å². The summed E-state index contributed by atoms with van der Waals surface area (Å²) in [4.78, 5) is 14.0. The van der Waals surface area contributed by atoms with Crippen molar-refractivity contribution in [1.29, 1.82) is 0 Å². The Kier molecular flexibility index (Phi) is 6.27. The summed E-state index contributed by atoms with van der Waals surface area (Å²) in [6.07, 6.45) is 3.81. The minimum absolute atomic E-state index is 0.351. The number of rotatable bonds is 7. The first kappa shape index (κ1) is 16.4. The van der Waals surface area contributed by atoms with Gasteiger partial charge in [-0.1, -0.05) is 19.8 Å². The lowest BCUT2D eigenvalue weighted by Gasteiger charge is -2.41. The maximum atomic E-state index is 11.8. The minimum atomic E-state index is -0.623. The van der Waals surface area contributed by atoms with Gasteiger partial charge in [0.2, 0.25) is 0 Å². The number of hydrogen-bond donors (Lipinski definition) is 1. The third-order valence-corrected chi connectivity index (χ3v) is 4.36. The molecule has 4 heteroatoms. The third-order valence-electron chi connectivity index (χ3n) is 4.36. The van der Waals surface area contributed by atoms with Gasteiger partial charge in [-0.05, 0) is 32.6 Å². The van der Waals surface area contributed by atoms with Crippen molar-refractivity contribution in [2.24, 2.45) is 11.3 Å². The molecule has 0 saturated heterocycles. The number of carbonyl (C=O) groups is 1. The topological polar surface area (TPSA) is 49.8 Å². The van der Waals surface area contributed by atoms with Crippen LogP contribution in [0.3, 0.4) is 0 Å². The lowest BCUT2D eigenvalue weighted by atomic mass is 9.69. The van der Waals surface area contributed by atoms with Gasteiger partial charge in [-0.15, -0.1) is 0 Å². The van der Waals surface area contributed by atoms with Gasteiger partial charge in [0.25, 0.3) is 0 Å². The molecule has 0 spiro atoms. The third kappa shape index (κ3) is 4.46. The Balaban J connectivity index is 2.77. The second-order valence-electron chi connectivity index (χ2n) is 6.34. The predicted molar refractivity (Wildman–Crippen MR) is 76.3 cm³/mol. The molecule has 0 amide bonds. The smallest absolute Gasteiger partial charge is 0.310 e. The average Bonchev–Trinajstić information content (AvgIpc) is 2.34. The molecule has 0 bridgehead atoms. The number of methoxy groups -OCH3 is 1. The van der Waals surface area contributed by atoms with E-state index in [-0.39, 0.29) is 0 Å². The summed E-state index contributed by atoms with van der Waals surface area (Å²) in [5.74, 6) is -0.108. The van der Waals surface area contributed by atoms with Crippen molar-refractivity contribution in [1.82, 2.24) is 4.90 Å². The molecule has 1 fully saturated rings. The average molecular weight is 271 g/mol. The highest BCUT2D eigenvalue weighted by Gasteiger charge is 2.43. The van der Waals surface area contributed by atoms with Crippen molar-refractivity contribution >= 4 is 5.97 Å². The molecule has 0 radical (unpaired) electrons. The summed E-state index contributed by atoms with van der Waals surface area (Å²) < 4.78 is 5.14. The molecular weight excluding hydrogens is 242 g/mol. The molecule has 0 aromatic heterocycles. The molecule has 0 aliphatic heterocycles. The Labute approximate surface area is 117 Å². The maximum Gasteiger partial charge on any atom is 0.310 e. The molecule has 2 atom stereocenters. The van der Waals surface area contributed by atoms with Crippen LogP contribution in [0.4, 0.5) is 0 Å². The van der Waals surface area contributed by atoms with Crippen LogP contribution in [0.2, 0.25) is 0 Å². The van der Waals surface area contributed by atoms with Crippen LogP contribution in [0.25, 0.3) is 0 Å². The van der Waals surface area contributed by atoms with E-state index in [1.165, 1.54) is 0 Å². The zero-order valence-electron chi connectivity index (χ0n) is 12.8. The van der Waals surface area contributed by atoms with Crippen molar-refractivity contribution in [3.8, 4) is 0 Å². The van der Waals surface area contributed by atoms with Crippen molar-refractivity contribution in [3.05, 3.63) is 0 Å². The predicted octanol–water partition coefficient (Wildman–Crippen LogP) is 2.62. The zero-order chi connectivity index (χ0) is 14.5. The minimum Gasteiger partial charge on any atom is -0.481 e. The summed E-state index contributed by atoms with van der Waals surface area (Å²) in [6, 6.07) is 0.351. The van der Waals surface area contributed by atoms with Gasteiger partial charge in [-0.25, -0.2) is 0 Å². The van der Waals surface area contributed by atoms with Crippen molar-refractivity contribution < 1.29 is 14.6 Å². The van der Waals surface area contributed by atoms with Crippen LogP contribution in [0, 0.1) is 11.3 Å². The number of aliphatic carboxylic acids is 1. The summed E-state index contributed by atoms with van der Waals surface area (Å²) in [6.45, 7) is 8.52. The largest absolute Gasteiger partial charge is 0.481 e. The van der Waals surface area contributed by atoms with E-state index in [4.69, 9.17) is 4.74 Å². The molecule has 0 aromatic carbocycles. The van der Waals surface area contributed by atoms with E-state index < -0.39 is 11.4 Å². The molecule has 1 aliphatic carbocycles. The first-order chi connectivity index (χ1) is 8.91. The molecule has 1 aliphatic rings. The van der Waals surface area contributed by atoms with E-state index in [2.05, 4.69) is 25.7 Å². The van der Waals surface area contributed by atoms with E-state index in [1.807, 2.05) is 0 Å². The molecule has 1 saturated carbocycles. The van der Waals surface area contributed by atoms with Crippen molar-refractivity contribution in [3.63, 3.8) is 0 Å². The SMILES string of the molecule is COCCN(CC1(C(=O)O)CCCC(C)C1)C(C)C. The van der Waals surface area contributed by atoms with E-state index in [9.17, 15) is 9.90 Å². The Morgan fingerprint density at radius 3 is 2.68 bits per heavy atom. The standard InChI is InChI=1S/C15H29NO3/c1-12(2)16(8-9-19-4)11-15(14(17)18)7-5-6-13(3)10-15/h12-13H,5-11H2,1-4H3,(H,17,18). The van der Waals surface area contributed by atoms with Gasteiger partial charge < -0.3 is 9.84 Å². The fraction of sp³-hybridized carbons (Fsp3) is 0.933. The molecule has 4 nitrogen and oxygen atoms in total. The normalized spacial score (nSPS) is 28.0. The highest BCUT2D eigenvalue weighted by Crippen LogP contribution is 2.40. The number of nitrogens with zero attached hydrogens (tertiary/aromatic N) is 1. The number of hydrogen-bond acceptors (Lipinski definition) is 3. The lowest BCUT2D eigenvalue weighted by molar-refractivity contribution is -0.154. The molecule has 2 unspecified atom stereocenters. The molecular formula is C15H29NO3. The maximum absolute atomic E-state index is 11.8. The lowest BCUT2D eigenvalue weighted by Crippen LogP contribution is -2.48. The number of carboxylic acids is 1. The molecule has 19 heavy (non-hydrogen) atoms. The van der Waals surface area contributed by atoms with Crippen molar-refractivity contribution in [2.75, 3.05) is 26.8 Å². The molecule has 1 N–H and O–H groups in total. The van der Waals surface area contributed by atoms with E-state index in [0.717, 1.165) is 32.2 Å². The van der Waals surface area contributed by atoms with Crippen molar-refractivity contribution in [2.45, 2.75) is 52.5 Å². The Hall–Kier alpha value is -0.610. The fourth-order valence-corrected chi connectivity index (χ4v) is 3.18. The number of carboxylic acid groups (broad SMARTS) is 1. The van der Waals surface area contributed by atoms with Gasteiger partial charge >= 0.3 is 5.97 Å². The van der Waals surface area contributed by atoms with Gasteiger partial charge in [-0.2, -0.15) is 0 Å². The Morgan fingerprint density at radius 2 is 2.21 bits per heavy atom. The van der Waals surface area contributed by atoms with Crippen LogP contribution in [0.15, 0.2) is 0 Å². The monoisotopic (exact) mass is 271 g/mol. The molecule has 0 aromatic rings. The van der Waals surface area contributed by atoms with E-state index in [1.54, 1.807) is 7.11 Å². The first-order valence-electron chi connectivity index (χ1n) is 7.37. The van der Waals surface area contributed by atoms with Crippen LogP contribution in [-0.4, -0.2) is 48.8 Å². The van der Waals surface area contributed by atoms with E-state index in [0.29, 0.717) is 25.1 Å². The van der Waals surface area contributed by atoms with Crippen LogP contribution >= 0.6 is 0 Å². The highest BCUT2D eigenvalue weighted by molar-refractivity contribution is 5.75. The second kappa shape index (κ2) is 7.25. The molecule has 1 rings (SSSR count). The Morgan fingerprint density at radius 1 is 1.53 bits per heavy atom. The fourth-order valence-electron chi connectivity index (χ4n) is 3.18. The van der Waals surface area contributed by atoms with Gasteiger partial charge in [0.1, 0.15) is 0 Å². The van der Waals surface area contributed by atoms with Crippen LogP contribution < -0.4 is 0 Å². The molecule has 0 heterocycles. The summed E-state index contributed by atoms with van der Waals surface area (Å²) in [5.41, 5.74) is -0.560. The van der Waals surface area contributed by atoms with Gasteiger partial charge in [-0.3, -0.25) is 9.69 Å². The first-order valence-corrected chi connectivity index (χ1v) is 7.37. The quantitative estimate of drug-likeness (QED) is 0.773. The van der Waals surface area contributed by atoms with Gasteiger partial charge in [0.15, 0.2) is 0 Å². The summed E-state index contributed by atoms with van der Waals surface area (Å²) >= 11 is 0. The molecule has 112 valence electrons. The summed E-state index contributed by atoms with van der Waals surface area (Å²) in [7, 11) is 1.69. The zero-order valence-corrected chi connectivity index (χ0v) is 12.8. The second-order valence-corrected chi connectivity index (χ2v) is 6.34. The number of ether oxygens (including phenoxy) is 1. The van der Waals surface area contributed by atoms with Crippen LogP contribution in [0.1, 0.15) is 46.5 Å².